The van der Waals surface area contributed by atoms with Crippen molar-refractivity contribution in [2.75, 3.05) is 26.4 Å². The van der Waals surface area contributed by atoms with E-state index in [0.717, 1.165) is 5.56 Å². The lowest BCUT2D eigenvalue weighted by molar-refractivity contribution is 0.517. The molecule has 0 saturated carbocycles. The van der Waals surface area contributed by atoms with Crippen molar-refractivity contribution in [3.63, 3.8) is 0 Å². The van der Waals surface area contributed by atoms with E-state index in [0.29, 0.717) is 23.1 Å². The summed E-state index contributed by atoms with van der Waals surface area (Å²) < 4.78 is 24.2. The highest BCUT2D eigenvalue weighted by atomic mass is 35.5. The maximum Gasteiger partial charge on any atom is 0.214 e. The standard InChI is InChI=1S/C11H16Cl2N2O2S/c1-15(2)18(16,17)7-6-14-8-9-4-3-5-10(12)11(9)13/h3-5,14H,6-8H2,1-2H3. The van der Waals surface area contributed by atoms with Gasteiger partial charge < -0.3 is 5.32 Å². The van der Waals surface area contributed by atoms with Gasteiger partial charge in [0.25, 0.3) is 0 Å². The minimum absolute atomic E-state index is 0.0538. The molecule has 0 spiro atoms. The molecule has 1 aromatic rings. The topological polar surface area (TPSA) is 49.4 Å². The van der Waals surface area contributed by atoms with Crippen LogP contribution in [-0.4, -0.2) is 39.1 Å². The predicted octanol–water partition coefficient (Wildman–Crippen LogP) is 1.97. The third-order valence-electron chi connectivity index (χ3n) is 2.44. The normalized spacial score (nSPS) is 12.1. The van der Waals surface area contributed by atoms with Crippen LogP contribution in [0.15, 0.2) is 18.2 Å². The van der Waals surface area contributed by atoms with Crippen molar-refractivity contribution in [1.29, 1.82) is 0 Å². The minimum Gasteiger partial charge on any atom is -0.312 e. The first kappa shape index (κ1) is 15.7. The lowest BCUT2D eigenvalue weighted by Gasteiger charge is -2.12. The van der Waals surface area contributed by atoms with Crippen molar-refractivity contribution in [2.45, 2.75) is 6.54 Å². The van der Waals surface area contributed by atoms with Gasteiger partial charge in [0.15, 0.2) is 0 Å². The van der Waals surface area contributed by atoms with Gasteiger partial charge in [0, 0.05) is 27.2 Å². The number of hydrogen-bond donors (Lipinski definition) is 1. The summed E-state index contributed by atoms with van der Waals surface area (Å²) in [4.78, 5) is 0. The fourth-order valence-electron chi connectivity index (χ4n) is 1.29. The van der Waals surface area contributed by atoms with E-state index in [1.807, 2.05) is 12.1 Å². The molecule has 0 aromatic heterocycles. The smallest absolute Gasteiger partial charge is 0.214 e. The first-order valence-electron chi connectivity index (χ1n) is 5.38. The molecule has 0 radical (unpaired) electrons. The zero-order valence-electron chi connectivity index (χ0n) is 10.3. The predicted molar refractivity (Wildman–Crippen MR) is 75.6 cm³/mol. The number of rotatable bonds is 6. The van der Waals surface area contributed by atoms with Gasteiger partial charge in [-0.05, 0) is 11.6 Å². The number of benzene rings is 1. The summed E-state index contributed by atoms with van der Waals surface area (Å²) in [6.45, 7) is 0.853. The van der Waals surface area contributed by atoms with Crippen LogP contribution in [0.1, 0.15) is 5.56 Å². The van der Waals surface area contributed by atoms with Gasteiger partial charge in [0.1, 0.15) is 0 Å². The van der Waals surface area contributed by atoms with E-state index in [9.17, 15) is 8.42 Å². The third kappa shape index (κ3) is 4.40. The average Bonchev–Trinajstić information content (AvgIpc) is 2.29. The van der Waals surface area contributed by atoms with Gasteiger partial charge in [-0.15, -0.1) is 0 Å². The molecule has 0 aliphatic rings. The van der Waals surface area contributed by atoms with Crippen molar-refractivity contribution in [1.82, 2.24) is 9.62 Å². The van der Waals surface area contributed by atoms with Crippen LogP contribution >= 0.6 is 23.2 Å². The molecule has 0 saturated heterocycles. The summed E-state index contributed by atoms with van der Waals surface area (Å²) in [5.41, 5.74) is 0.853. The molecule has 18 heavy (non-hydrogen) atoms. The number of nitrogens with one attached hydrogen (secondary N) is 1. The molecule has 1 aromatic carbocycles. The van der Waals surface area contributed by atoms with Crippen LogP contribution in [0.2, 0.25) is 10.0 Å². The van der Waals surface area contributed by atoms with Gasteiger partial charge in [0.2, 0.25) is 10.0 Å². The Morgan fingerprint density at radius 3 is 2.56 bits per heavy atom. The summed E-state index contributed by atoms with van der Waals surface area (Å²) in [5, 5.41) is 4.03. The number of hydrogen-bond acceptors (Lipinski definition) is 3. The van der Waals surface area contributed by atoms with Crippen molar-refractivity contribution < 1.29 is 8.42 Å². The molecule has 1 rings (SSSR count). The molecular formula is C11H16Cl2N2O2S. The van der Waals surface area contributed by atoms with Gasteiger partial charge in [-0.25, -0.2) is 12.7 Å². The third-order valence-corrected chi connectivity index (χ3v) is 5.13. The highest BCUT2D eigenvalue weighted by molar-refractivity contribution is 7.89. The lowest BCUT2D eigenvalue weighted by Crippen LogP contribution is -2.31. The van der Waals surface area contributed by atoms with E-state index in [1.165, 1.54) is 18.4 Å². The van der Waals surface area contributed by atoms with E-state index in [2.05, 4.69) is 5.32 Å². The monoisotopic (exact) mass is 310 g/mol. The second kappa shape index (κ2) is 6.73. The molecule has 0 bridgehead atoms. The number of nitrogens with zero attached hydrogens (tertiary/aromatic N) is 1. The molecule has 0 fully saturated rings. The van der Waals surface area contributed by atoms with Crippen LogP contribution in [-0.2, 0) is 16.6 Å². The molecule has 7 heteroatoms. The van der Waals surface area contributed by atoms with Gasteiger partial charge in [-0.3, -0.25) is 0 Å². The Morgan fingerprint density at radius 2 is 1.94 bits per heavy atom. The van der Waals surface area contributed by atoms with Crippen LogP contribution in [0.4, 0.5) is 0 Å². The fraction of sp³-hybridized carbons (Fsp3) is 0.455. The van der Waals surface area contributed by atoms with Crippen LogP contribution in [0.5, 0.6) is 0 Å². The van der Waals surface area contributed by atoms with Crippen LogP contribution in [0, 0.1) is 0 Å². The molecule has 0 unspecified atom stereocenters. The first-order valence-corrected chi connectivity index (χ1v) is 7.75. The fourth-order valence-corrected chi connectivity index (χ4v) is 2.45. The quantitative estimate of drug-likeness (QED) is 0.817. The molecule has 0 heterocycles. The van der Waals surface area contributed by atoms with Gasteiger partial charge in [-0.1, -0.05) is 35.3 Å². The van der Waals surface area contributed by atoms with Crippen LogP contribution in [0.25, 0.3) is 0 Å². The summed E-state index contributed by atoms with van der Waals surface area (Å²) in [7, 11) is -0.125. The van der Waals surface area contributed by atoms with Gasteiger partial charge in [0.05, 0.1) is 15.8 Å². The number of halogens is 2. The molecule has 0 aliphatic carbocycles. The van der Waals surface area contributed by atoms with E-state index in [1.54, 1.807) is 6.07 Å². The van der Waals surface area contributed by atoms with Crippen molar-refractivity contribution in [3.05, 3.63) is 33.8 Å². The van der Waals surface area contributed by atoms with E-state index in [-0.39, 0.29) is 5.75 Å². The molecule has 0 atom stereocenters. The molecular weight excluding hydrogens is 295 g/mol. The maximum absolute atomic E-state index is 11.5. The molecule has 4 nitrogen and oxygen atoms in total. The van der Waals surface area contributed by atoms with E-state index in [4.69, 9.17) is 23.2 Å². The highest BCUT2D eigenvalue weighted by Gasteiger charge is 2.12. The molecule has 0 amide bonds. The zero-order valence-corrected chi connectivity index (χ0v) is 12.6. The van der Waals surface area contributed by atoms with Crippen LogP contribution in [0.3, 0.4) is 0 Å². The Balaban J connectivity index is 2.46. The molecule has 1 N–H and O–H groups in total. The molecule has 0 aliphatic heterocycles. The van der Waals surface area contributed by atoms with Crippen molar-refractivity contribution in [3.8, 4) is 0 Å². The van der Waals surface area contributed by atoms with Crippen molar-refractivity contribution >= 4 is 33.2 Å². The largest absolute Gasteiger partial charge is 0.312 e. The summed E-state index contributed by atoms with van der Waals surface area (Å²) in [6.07, 6.45) is 0. The first-order chi connectivity index (χ1) is 8.34. The van der Waals surface area contributed by atoms with Gasteiger partial charge >= 0.3 is 0 Å². The van der Waals surface area contributed by atoms with Gasteiger partial charge in [-0.2, -0.15) is 0 Å². The second-order valence-corrected chi connectivity index (χ2v) is 7.08. The number of sulfonamides is 1. The Morgan fingerprint density at radius 1 is 1.28 bits per heavy atom. The second-order valence-electron chi connectivity index (χ2n) is 3.99. The maximum atomic E-state index is 11.5. The summed E-state index contributed by atoms with van der Waals surface area (Å²) in [5.74, 6) is 0.0538. The SMILES string of the molecule is CN(C)S(=O)(=O)CCNCc1cccc(Cl)c1Cl. The summed E-state index contributed by atoms with van der Waals surface area (Å²) >= 11 is 11.9. The molecule has 102 valence electrons. The lowest BCUT2D eigenvalue weighted by atomic mass is 10.2. The van der Waals surface area contributed by atoms with E-state index < -0.39 is 10.0 Å². The Hall–Kier alpha value is -0.330. The van der Waals surface area contributed by atoms with Crippen LogP contribution < -0.4 is 5.32 Å². The highest BCUT2D eigenvalue weighted by Crippen LogP contribution is 2.25. The van der Waals surface area contributed by atoms with E-state index >= 15 is 0 Å². The van der Waals surface area contributed by atoms with Crippen molar-refractivity contribution in [2.24, 2.45) is 0 Å². The Bertz CT molecular complexity index is 504. The Kier molecular flexibility index (Phi) is 5.88. The Labute approximate surface area is 118 Å². The minimum atomic E-state index is -3.16. The average molecular weight is 311 g/mol. The zero-order chi connectivity index (χ0) is 13.8. The summed E-state index contributed by atoms with van der Waals surface area (Å²) in [6, 6.07) is 5.37.